The van der Waals surface area contributed by atoms with Gasteiger partial charge in [0.1, 0.15) is 0 Å². The first kappa shape index (κ1) is 13.7. The van der Waals surface area contributed by atoms with Crippen molar-refractivity contribution in [2.24, 2.45) is 0 Å². The number of ether oxygens (including phenoxy) is 1. The second-order valence-electron chi connectivity index (χ2n) is 3.95. The Labute approximate surface area is 106 Å². The summed E-state index contributed by atoms with van der Waals surface area (Å²) in [6.45, 7) is 5.64. The first-order valence-electron chi connectivity index (χ1n) is 5.48. The molecular formula is C11H20BrN3O. The molecule has 0 radical (unpaired) electrons. The molecule has 92 valence electrons. The lowest BCUT2D eigenvalue weighted by Gasteiger charge is -2.18. The molecule has 0 amide bonds. The van der Waals surface area contributed by atoms with E-state index < -0.39 is 0 Å². The SMILES string of the molecule is CCn1cc(CN(C)CC(Br)COC)cn1. The minimum absolute atomic E-state index is 0.378. The van der Waals surface area contributed by atoms with Crippen LogP contribution in [0.4, 0.5) is 0 Å². The van der Waals surface area contributed by atoms with Gasteiger partial charge in [0.15, 0.2) is 0 Å². The van der Waals surface area contributed by atoms with Crippen molar-refractivity contribution in [2.45, 2.75) is 24.8 Å². The highest BCUT2D eigenvalue weighted by Crippen LogP contribution is 2.06. The molecule has 1 heterocycles. The zero-order valence-electron chi connectivity index (χ0n) is 10.2. The Bertz CT molecular complexity index is 303. The molecule has 0 aromatic carbocycles. The lowest BCUT2D eigenvalue weighted by atomic mass is 10.3. The van der Waals surface area contributed by atoms with Crippen molar-refractivity contribution in [2.75, 3.05) is 27.3 Å². The molecule has 1 aromatic rings. The van der Waals surface area contributed by atoms with Crippen molar-refractivity contribution >= 4 is 15.9 Å². The minimum Gasteiger partial charge on any atom is -0.383 e. The maximum absolute atomic E-state index is 5.09. The zero-order valence-corrected chi connectivity index (χ0v) is 11.8. The van der Waals surface area contributed by atoms with E-state index >= 15 is 0 Å². The molecular weight excluding hydrogens is 270 g/mol. The van der Waals surface area contributed by atoms with E-state index in [1.807, 2.05) is 10.9 Å². The van der Waals surface area contributed by atoms with Gasteiger partial charge >= 0.3 is 0 Å². The molecule has 1 rings (SSSR count). The average molecular weight is 290 g/mol. The van der Waals surface area contributed by atoms with E-state index in [0.29, 0.717) is 4.83 Å². The van der Waals surface area contributed by atoms with Gasteiger partial charge in [-0.05, 0) is 14.0 Å². The molecule has 16 heavy (non-hydrogen) atoms. The van der Waals surface area contributed by atoms with Gasteiger partial charge in [-0.3, -0.25) is 4.68 Å². The number of halogens is 1. The fraction of sp³-hybridized carbons (Fsp3) is 0.727. The molecule has 1 unspecified atom stereocenters. The van der Waals surface area contributed by atoms with Crippen molar-refractivity contribution in [3.63, 3.8) is 0 Å². The lowest BCUT2D eigenvalue weighted by molar-refractivity contribution is 0.185. The predicted octanol–water partition coefficient (Wildman–Crippen LogP) is 1.74. The molecule has 0 fully saturated rings. The van der Waals surface area contributed by atoms with Crippen LogP contribution in [0, 0.1) is 0 Å². The monoisotopic (exact) mass is 289 g/mol. The minimum atomic E-state index is 0.378. The highest BCUT2D eigenvalue weighted by Gasteiger charge is 2.08. The predicted molar refractivity (Wildman–Crippen MR) is 68.8 cm³/mol. The van der Waals surface area contributed by atoms with Gasteiger partial charge in [0.05, 0.1) is 17.6 Å². The summed E-state index contributed by atoms with van der Waals surface area (Å²) in [5.74, 6) is 0. The van der Waals surface area contributed by atoms with Crippen LogP contribution < -0.4 is 0 Å². The van der Waals surface area contributed by atoms with Crippen LogP contribution in [0.25, 0.3) is 0 Å². The molecule has 4 nitrogen and oxygen atoms in total. The molecule has 0 saturated carbocycles. The highest BCUT2D eigenvalue weighted by molar-refractivity contribution is 9.09. The summed E-state index contributed by atoms with van der Waals surface area (Å²) in [6.07, 6.45) is 4.02. The van der Waals surface area contributed by atoms with Crippen molar-refractivity contribution in [1.29, 1.82) is 0 Å². The summed E-state index contributed by atoms with van der Waals surface area (Å²) >= 11 is 3.58. The summed E-state index contributed by atoms with van der Waals surface area (Å²) in [7, 11) is 3.83. The van der Waals surface area contributed by atoms with E-state index in [9.17, 15) is 0 Å². The fourth-order valence-electron chi connectivity index (χ4n) is 1.61. The van der Waals surface area contributed by atoms with Crippen molar-refractivity contribution in [3.05, 3.63) is 18.0 Å². The van der Waals surface area contributed by atoms with Crippen LogP contribution in [0.3, 0.4) is 0 Å². The summed E-state index contributed by atoms with van der Waals surface area (Å²) in [6, 6.07) is 0. The lowest BCUT2D eigenvalue weighted by Crippen LogP contribution is -2.27. The van der Waals surface area contributed by atoms with Crippen LogP contribution >= 0.6 is 15.9 Å². The van der Waals surface area contributed by atoms with Gasteiger partial charge in [0, 0.05) is 38.5 Å². The van der Waals surface area contributed by atoms with Gasteiger partial charge < -0.3 is 9.64 Å². The number of methoxy groups -OCH3 is 1. The largest absolute Gasteiger partial charge is 0.383 e. The normalized spacial score (nSPS) is 13.3. The first-order valence-corrected chi connectivity index (χ1v) is 6.40. The zero-order chi connectivity index (χ0) is 12.0. The third-order valence-corrected chi connectivity index (χ3v) is 2.87. The van der Waals surface area contributed by atoms with Crippen molar-refractivity contribution < 1.29 is 4.74 Å². The van der Waals surface area contributed by atoms with Crippen molar-refractivity contribution in [1.82, 2.24) is 14.7 Å². The summed E-state index contributed by atoms with van der Waals surface area (Å²) < 4.78 is 7.03. The van der Waals surface area contributed by atoms with Crippen LogP contribution in [0.15, 0.2) is 12.4 Å². The number of aromatic nitrogens is 2. The smallest absolute Gasteiger partial charge is 0.0600 e. The molecule has 0 saturated heterocycles. The number of hydrogen-bond donors (Lipinski definition) is 0. The van der Waals surface area contributed by atoms with Crippen LogP contribution in [-0.2, 0) is 17.8 Å². The molecule has 0 aliphatic carbocycles. The molecule has 0 aliphatic heterocycles. The molecule has 1 aromatic heterocycles. The molecule has 0 N–H and O–H groups in total. The van der Waals surface area contributed by atoms with Gasteiger partial charge in [0.25, 0.3) is 0 Å². The van der Waals surface area contributed by atoms with Crippen molar-refractivity contribution in [3.8, 4) is 0 Å². The van der Waals surface area contributed by atoms with Gasteiger partial charge in [-0.2, -0.15) is 5.10 Å². The number of rotatable bonds is 7. The maximum Gasteiger partial charge on any atom is 0.0600 e. The Balaban J connectivity index is 2.35. The van der Waals surface area contributed by atoms with E-state index in [0.717, 1.165) is 26.2 Å². The molecule has 1 atom stereocenters. The van der Waals surface area contributed by atoms with E-state index in [2.05, 4.69) is 46.1 Å². The Morgan fingerprint density at radius 2 is 2.38 bits per heavy atom. The van der Waals surface area contributed by atoms with Gasteiger partial charge in [-0.15, -0.1) is 0 Å². The topological polar surface area (TPSA) is 30.3 Å². The molecule has 0 aliphatic rings. The summed E-state index contributed by atoms with van der Waals surface area (Å²) in [5, 5.41) is 4.26. The average Bonchev–Trinajstić information content (AvgIpc) is 2.65. The summed E-state index contributed by atoms with van der Waals surface area (Å²) in [4.78, 5) is 2.64. The van der Waals surface area contributed by atoms with E-state index in [1.165, 1.54) is 5.56 Å². The van der Waals surface area contributed by atoms with Crippen LogP contribution in [0.1, 0.15) is 12.5 Å². The quantitative estimate of drug-likeness (QED) is 0.717. The number of nitrogens with zero attached hydrogens (tertiary/aromatic N) is 3. The standard InChI is InChI=1S/C11H20BrN3O/c1-4-15-7-10(5-13-15)6-14(2)8-11(12)9-16-3/h5,7,11H,4,6,8-9H2,1-3H3. The van der Waals surface area contributed by atoms with E-state index in [-0.39, 0.29) is 0 Å². The Morgan fingerprint density at radius 3 is 2.94 bits per heavy atom. The number of hydrogen-bond acceptors (Lipinski definition) is 3. The highest BCUT2D eigenvalue weighted by atomic mass is 79.9. The summed E-state index contributed by atoms with van der Waals surface area (Å²) in [5.41, 5.74) is 1.25. The van der Waals surface area contributed by atoms with Crippen LogP contribution in [-0.4, -0.2) is 46.8 Å². The third-order valence-electron chi connectivity index (χ3n) is 2.32. The van der Waals surface area contributed by atoms with Gasteiger partial charge in [-0.1, -0.05) is 15.9 Å². The maximum atomic E-state index is 5.09. The van der Waals surface area contributed by atoms with E-state index in [1.54, 1.807) is 7.11 Å². The number of aryl methyl sites for hydroxylation is 1. The first-order chi connectivity index (χ1) is 7.65. The molecule has 0 spiro atoms. The van der Waals surface area contributed by atoms with E-state index in [4.69, 9.17) is 4.74 Å². The number of alkyl halides is 1. The Hall–Kier alpha value is -0.390. The fourth-order valence-corrected chi connectivity index (χ4v) is 2.37. The Kier molecular flexibility index (Phi) is 6.01. The van der Waals surface area contributed by atoms with Crippen LogP contribution in [0.5, 0.6) is 0 Å². The second-order valence-corrected chi connectivity index (χ2v) is 5.25. The molecule has 0 bridgehead atoms. The third kappa shape index (κ3) is 4.63. The van der Waals surface area contributed by atoms with Gasteiger partial charge in [-0.25, -0.2) is 0 Å². The Morgan fingerprint density at radius 1 is 1.62 bits per heavy atom. The second kappa shape index (κ2) is 7.04. The van der Waals surface area contributed by atoms with Crippen LogP contribution in [0.2, 0.25) is 0 Å². The molecule has 5 heteroatoms. The van der Waals surface area contributed by atoms with Gasteiger partial charge in [0.2, 0.25) is 0 Å².